The van der Waals surface area contributed by atoms with Crippen LogP contribution in [0.5, 0.6) is 5.75 Å². The van der Waals surface area contributed by atoms with Crippen LogP contribution in [0.2, 0.25) is 0 Å². The van der Waals surface area contributed by atoms with E-state index in [0.29, 0.717) is 12.8 Å². The first-order valence-electron chi connectivity index (χ1n) is 6.78. The zero-order valence-electron chi connectivity index (χ0n) is 11.8. The Labute approximate surface area is 122 Å². The number of non-ortho nitro benzene ring substituents is 1. The highest BCUT2D eigenvalue weighted by Gasteiger charge is 2.31. The minimum atomic E-state index is -0.871. The summed E-state index contributed by atoms with van der Waals surface area (Å²) in [5.41, 5.74) is -0.960. The summed E-state index contributed by atoms with van der Waals surface area (Å²) < 4.78 is 5.05. The number of hydrogen-bond donors (Lipinski definition) is 2. The number of hydrogen-bond acceptors (Lipinski definition) is 5. The first-order chi connectivity index (χ1) is 9.95. The number of nitro groups is 1. The van der Waals surface area contributed by atoms with E-state index in [0.717, 1.165) is 12.8 Å². The van der Waals surface area contributed by atoms with Crippen molar-refractivity contribution in [2.45, 2.75) is 31.3 Å². The third-order valence-corrected chi connectivity index (χ3v) is 3.75. The van der Waals surface area contributed by atoms with Gasteiger partial charge in [-0.2, -0.15) is 0 Å². The van der Waals surface area contributed by atoms with E-state index in [9.17, 15) is 20.0 Å². The van der Waals surface area contributed by atoms with E-state index in [2.05, 4.69) is 5.32 Å². The van der Waals surface area contributed by atoms with Gasteiger partial charge in [-0.05, 0) is 18.9 Å². The Morgan fingerprint density at radius 2 is 2.14 bits per heavy atom. The molecule has 7 heteroatoms. The van der Waals surface area contributed by atoms with Crippen LogP contribution in [0.4, 0.5) is 5.69 Å². The number of rotatable bonds is 5. The lowest BCUT2D eigenvalue weighted by molar-refractivity contribution is -0.384. The highest BCUT2D eigenvalue weighted by molar-refractivity contribution is 5.97. The summed E-state index contributed by atoms with van der Waals surface area (Å²) in [6.07, 6.45) is 3.18. The second-order valence-corrected chi connectivity index (χ2v) is 5.26. The van der Waals surface area contributed by atoms with Crippen molar-refractivity contribution in [3.63, 3.8) is 0 Å². The lowest BCUT2D eigenvalue weighted by Crippen LogP contribution is -2.40. The van der Waals surface area contributed by atoms with Gasteiger partial charge in [0.05, 0.1) is 23.2 Å². The van der Waals surface area contributed by atoms with Crippen LogP contribution < -0.4 is 10.1 Å². The summed E-state index contributed by atoms with van der Waals surface area (Å²) in [4.78, 5) is 22.4. The van der Waals surface area contributed by atoms with Gasteiger partial charge in [-0.1, -0.05) is 12.8 Å². The van der Waals surface area contributed by atoms with Gasteiger partial charge in [0, 0.05) is 18.7 Å². The van der Waals surface area contributed by atoms with E-state index in [1.165, 1.54) is 25.3 Å². The molecule has 1 aliphatic carbocycles. The Balaban J connectivity index is 2.13. The van der Waals surface area contributed by atoms with Crippen LogP contribution in [-0.4, -0.2) is 35.2 Å². The van der Waals surface area contributed by atoms with Crippen LogP contribution in [0.3, 0.4) is 0 Å². The SMILES string of the molecule is COc1ccc([N+](=O)[O-])cc1C(=O)NCC1(O)CCCC1. The van der Waals surface area contributed by atoms with Gasteiger partial charge in [0.25, 0.3) is 11.6 Å². The van der Waals surface area contributed by atoms with Crippen molar-refractivity contribution in [2.75, 3.05) is 13.7 Å². The lowest BCUT2D eigenvalue weighted by atomic mass is 10.0. The van der Waals surface area contributed by atoms with E-state index in [1.54, 1.807) is 0 Å². The van der Waals surface area contributed by atoms with E-state index in [4.69, 9.17) is 4.74 Å². The van der Waals surface area contributed by atoms with E-state index < -0.39 is 16.4 Å². The maximum absolute atomic E-state index is 12.2. The number of aliphatic hydroxyl groups is 1. The van der Waals surface area contributed by atoms with Gasteiger partial charge in [0.1, 0.15) is 5.75 Å². The quantitative estimate of drug-likeness (QED) is 0.635. The molecular weight excluding hydrogens is 276 g/mol. The van der Waals surface area contributed by atoms with Crippen LogP contribution in [-0.2, 0) is 0 Å². The molecule has 1 fully saturated rings. The van der Waals surface area contributed by atoms with Gasteiger partial charge in [0.15, 0.2) is 0 Å². The Bertz CT molecular complexity index is 552. The predicted octanol–water partition coefficient (Wildman–Crippen LogP) is 1.64. The number of carbonyl (C=O) groups excluding carboxylic acids is 1. The van der Waals surface area contributed by atoms with E-state index >= 15 is 0 Å². The lowest BCUT2D eigenvalue weighted by Gasteiger charge is -2.22. The average Bonchev–Trinajstić information content (AvgIpc) is 2.91. The van der Waals surface area contributed by atoms with Crippen LogP contribution in [0, 0.1) is 10.1 Å². The molecule has 114 valence electrons. The molecular formula is C14H18N2O5. The third-order valence-electron chi connectivity index (χ3n) is 3.75. The second kappa shape index (κ2) is 6.09. The Morgan fingerprint density at radius 1 is 1.48 bits per heavy atom. The second-order valence-electron chi connectivity index (χ2n) is 5.26. The van der Waals surface area contributed by atoms with Crippen molar-refractivity contribution < 1.29 is 19.6 Å². The summed E-state index contributed by atoms with van der Waals surface area (Å²) in [6, 6.07) is 3.84. The number of nitrogens with one attached hydrogen (secondary N) is 1. The molecule has 1 aromatic rings. The van der Waals surface area contributed by atoms with Gasteiger partial charge in [-0.15, -0.1) is 0 Å². The van der Waals surface area contributed by atoms with Crippen molar-refractivity contribution in [2.24, 2.45) is 0 Å². The summed E-state index contributed by atoms with van der Waals surface area (Å²) in [7, 11) is 1.39. The van der Waals surface area contributed by atoms with Gasteiger partial charge < -0.3 is 15.2 Å². The zero-order valence-corrected chi connectivity index (χ0v) is 11.8. The largest absolute Gasteiger partial charge is 0.496 e. The maximum Gasteiger partial charge on any atom is 0.270 e. The molecule has 2 N–H and O–H groups in total. The molecule has 21 heavy (non-hydrogen) atoms. The average molecular weight is 294 g/mol. The molecule has 1 saturated carbocycles. The van der Waals surface area contributed by atoms with Crippen molar-refractivity contribution in [1.29, 1.82) is 0 Å². The molecule has 0 aromatic heterocycles. The summed E-state index contributed by atoms with van der Waals surface area (Å²) in [5, 5.41) is 23.6. The van der Waals surface area contributed by atoms with E-state index in [1.807, 2.05) is 0 Å². The first kappa shape index (κ1) is 15.2. The monoisotopic (exact) mass is 294 g/mol. The van der Waals surface area contributed by atoms with Crippen molar-refractivity contribution in [3.8, 4) is 5.75 Å². The normalized spacial score (nSPS) is 16.5. The molecule has 1 aromatic carbocycles. The number of carbonyl (C=O) groups is 1. The Kier molecular flexibility index (Phi) is 4.42. The highest BCUT2D eigenvalue weighted by Crippen LogP contribution is 2.29. The summed E-state index contributed by atoms with van der Waals surface area (Å²) in [5.74, 6) is -0.229. The number of methoxy groups -OCH3 is 1. The summed E-state index contributed by atoms with van der Waals surface area (Å²) >= 11 is 0. The molecule has 0 unspecified atom stereocenters. The number of nitrogens with zero attached hydrogens (tertiary/aromatic N) is 1. The Morgan fingerprint density at radius 3 is 2.71 bits per heavy atom. The van der Waals surface area contributed by atoms with Crippen LogP contribution in [0.15, 0.2) is 18.2 Å². The van der Waals surface area contributed by atoms with Crippen molar-refractivity contribution in [1.82, 2.24) is 5.32 Å². The minimum Gasteiger partial charge on any atom is -0.496 e. The number of amides is 1. The fraction of sp³-hybridized carbons (Fsp3) is 0.500. The molecule has 1 amide bonds. The van der Waals surface area contributed by atoms with Crippen LogP contribution in [0.25, 0.3) is 0 Å². The number of nitro benzene ring substituents is 1. The van der Waals surface area contributed by atoms with Crippen LogP contribution in [0.1, 0.15) is 36.0 Å². The molecule has 0 saturated heterocycles. The topological polar surface area (TPSA) is 102 Å². The zero-order chi connectivity index (χ0) is 15.5. The molecule has 0 radical (unpaired) electrons. The third kappa shape index (κ3) is 3.49. The maximum atomic E-state index is 12.2. The predicted molar refractivity (Wildman–Crippen MR) is 75.4 cm³/mol. The first-order valence-corrected chi connectivity index (χ1v) is 6.78. The molecule has 0 bridgehead atoms. The molecule has 0 spiro atoms. The molecule has 0 aliphatic heterocycles. The molecule has 0 atom stereocenters. The van der Waals surface area contributed by atoms with Gasteiger partial charge in [-0.25, -0.2) is 0 Å². The van der Waals surface area contributed by atoms with Gasteiger partial charge in [-0.3, -0.25) is 14.9 Å². The van der Waals surface area contributed by atoms with Crippen LogP contribution >= 0.6 is 0 Å². The fourth-order valence-electron chi connectivity index (χ4n) is 2.54. The number of ether oxygens (including phenoxy) is 1. The molecule has 0 heterocycles. The fourth-order valence-corrected chi connectivity index (χ4v) is 2.54. The summed E-state index contributed by atoms with van der Waals surface area (Å²) in [6.45, 7) is 0.137. The highest BCUT2D eigenvalue weighted by atomic mass is 16.6. The molecule has 7 nitrogen and oxygen atoms in total. The van der Waals surface area contributed by atoms with Gasteiger partial charge in [0.2, 0.25) is 0 Å². The Hall–Kier alpha value is -2.15. The molecule has 2 rings (SSSR count). The standard InChI is InChI=1S/C14H18N2O5/c1-21-12-5-4-10(16(19)20)8-11(12)13(17)15-9-14(18)6-2-3-7-14/h4-5,8,18H,2-3,6-7,9H2,1H3,(H,15,17). The van der Waals surface area contributed by atoms with Crippen molar-refractivity contribution in [3.05, 3.63) is 33.9 Å². The minimum absolute atomic E-state index is 0.0910. The molecule has 1 aliphatic rings. The number of benzene rings is 1. The smallest absolute Gasteiger partial charge is 0.270 e. The van der Waals surface area contributed by atoms with Gasteiger partial charge >= 0.3 is 0 Å². The van der Waals surface area contributed by atoms with E-state index in [-0.39, 0.29) is 23.5 Å². The van der Waals surface area contributed by atoms with Crippen molar-refractivity contribution >= 4 is 11.6 Å².